The fourth-order valence-electron chi connectivity index (χ4n) is 1.28. The van der Waals surface area contributed by atoms with E-state index in [0.29, 0.717) is 6.26 Å². The molecule has 19 heavy (non-hydrogen) atoms. The largest absolute Gasteiger partial charge is 0.467 e. The van der Waals surface area contributed by atoms with E-state index in [1.54, 1.807) is 0 Å². The lowest BCUT2D eigenvalue weighted by atomic mass is 10.3. The smallest absolute Gasteiger partial charge is 0.419 e. The summed E-state index contributed by atoms with van der Waals surface area (Å²) in [5.41, 5.74) is -0.863. The summed E-state index contributed by atoms with van der Waals surface area (Å²) in [7, 11) is 0. The van der Waals surface area contributed by atoms with Crippen molar-refractivity contribution in [2.45, 2.75) is 12.7 Å². The Morgan fingerprint density at radius 2 is 2.21 bits per heavy atom. The summed E-state index contributed by atoms with van der Waals surface area (Å²) in [6, 6.07) is 0.802. The second-order valence-corrected chi connectivity index (χ2v) is 4.39. The summed E-state index contributed by atoms with van der Waals surface area (Å²) in [6.45, 7) is -0.202. The van der Waals surface area contributed by atoms with Gasteiger partial charge in [0.1, 0.15) is 17.7 Å². The maximum atomic E-state index is 12.3. The van der Waals surface area contributed by atoms with Crippen molar-refractivity contribution < 1.29 is 22.4 Å². The molecule has 2 aromatic rings. The van der Waals surface area contributed by atoms with E-state index in [4.69, 9.17) is 0 Å². The highest BCUT2D eigenvalue weighted by Crippen LogP contribution is 2.30. The van der Waals surface area contributed by atoms with Crippen LogP contribution in [0.4, 0.5) is 13.2 Å². The Morgan fingerprint density at radius 3 is 2.74 bits per heavy atom. The zero-order valence-corrected chi connectivity index (χ0v) is 10.0. The van der Waals surface area contributed by atoms with Gasteiger partial charge in [0, 0.05) is 5.38 Å². The van der Waals surface area contributed by atoms with Crippen LogP contribution < -0.4 is 10.2 Å². The Morgan fingerprint density at radius 1 is 1.47 bits per heavy atom. The first kappa shape index (κ1) is 13.4. The molecule has 2 aromatic heterocycles. The van der Waals surface area contributed by atoms with Gasteiger partial charge in [-0.05, 0) is 6.07 Å². The van der Waals surface area contributed by atoms with Crippen molar-refractivity contribution in [2.24, 2.45) is 0 Å². The summed E-state index contributed by atoms with van der Waals surface area (Å²) >= 11 is 0.818. The van der Waals surface area contributed by atoms with Crippen LogP contribution in [-0.4, -0.2) is 10.9 Å². The van der Waals surface area contributed by atoms with E-state index in [2.05, 4.69) is 14.7 Å². The van der Waals surface area contributed by atoms with Crippen molar-refractivity contribution in [3.8, 4) is 0 Å². The Labute approximate surface area is 108 Å². The number of thiazole rings is 1. The maximum Gasteiger partial charge on any atom is 0.419 e. The third-order valence-corrected chi connectivity index (χ3v) is 2.84. The van der Waals surface area contributed by atoms with Crippen LogP contribution >= 0.6 is 11.3 Å². The lowest BCUT2D eigenvalue weighted by molar-refractivity contribution is -0.137. The van der Waals surface area contributed by atoms with Crippen LogP contribution in [0.25, 0.3) is 0 Å². The first-order valence-corrected chi connectivity index (χ1v) is 5.85. The molecule has 0 spiro atoms. The predicted octanol–water partition coefficient (Wildman–Crippen LogP) is 1.98. The predicted molar refractivity (Wildman–Crippen MR) is 59.8 cm³/mol. The zero-order chi connectivity index (χ0) is 14.0. The molecule has 2 rings (SSSR count). The normalized spacial score (nSPS) is 11.5. The Hall–Kier alpha value is -2.03. The summed E-state index contributed by atoms with van der Waals surface area (Å²) in [5.74, 6) is -0.624. The average molecular weight is 292 g/mol. The highest BCUT2D eigenvalue weighted by Gasteiger charge is 2.32. The number of nitrogens with one attached hydrogen (secondary N) is 2. The van der Waals surface area contributed by atoms with Gasteiger partial charge in [-0.1, -0.05) is 11.3 Å². The number of amides is 1. The van der Waals surface area contributed by atoms with Crippen LogP contribution in [-0.2, 0) is 12.7 Å². The van der Waals surface area contributed by atoms with Gasteiger partial charge in [-0.15, -0.1) is 0 Å². The van der Waals surface area contributed by atoms with Crippen LogP contribution in [0.1, 0.15) is 21.8 Å². The second kappa shape index (κ2) is 4.92. The molecular weight excluding hydrogens is 285 g/mol. The summed E-state index contributed by atoms with van der Waals surface area (Å²) in [6.07, 6.45) is -3.90. The molecule has 0 unspecified atom stereocenters. The van der Waals surface area contributed by atoms with Crippen molar-refractivity contribution in [1.29, 1.82) is 0 Å². The van der Waals surface area contributed by atoms with Gasteiger partial charge in [0.25, 0.3) is 5.91 Å². The average Bonchev–Trinajstić information content (AvgIpc) is 2.93. The van der Waals surface area contributed by atoms with E-state index < -0.39 is 17.6 Å². The molecule has 0 fully saturated rings. The monoisotopic (exact) mass is 292 g/mol. The van der Waals surface area contributed by atoms with Crippen molar-refractivity contribution in [2.75, 3.05) is 0 Å². The van der Waals surface area contributed by atoms with Gasteiger partial charge in [-0.25, -0.2) is 0 Å². The molecule has 0 bridgehead atoms. The Balaban J connectivity index is 1.98. The van der Waals surface area contributed by atoms with E-state index >= 15 is 0 Å². The molecule has 0 aliphatic carbocycles. The van der Waals surface area contributed by atoms with E-state index in [1.165, 1.54) is 5.38 Å². The first-order valence-electron chi connectivity index (χ1n) is 4.97. The van der Waals surface area contributed by atoms with Gasteiger partial charge in [0.05, 0.1) is 12.1 Å². The SMILES string of the molecule is O=C(NCc1cc(C(F)(F)F)co1)c1csc(=O)[nH]1. The number of aromatic nitrogens is 1. The molecule has 102 valence electrons. The number of alkyl halides is 3. The van der Waals surface area contributed by atoms with E-state index in [-0.39, 0.29) is 22.9 Å². The number of H-pyrrole nitrogens is 1. The lowest BCUT2D eigenvalue weighted by Crippen LogP contribution is -2.23. The van der Waals surface area contributed by atoms with E-state index in [9.17, 15) is 22.8 Å². The van der Waals surface area contributed by atoms with Crippen LogP contribution in [0, 0.1) is 0 Å². The molecule has 0 aromatic carbocycles. The van der Waals surface area contributed by atoms with Gasteiger partial charge < -0.3 is 14.7 Å². The van der Waals surface area contributed by atoms with Crippen LogP contribution in [0.15, 0.2) is 26.9 Å². The van der Waals surface area contributed by atoms with Gasteiger partial charge in [0.2, 0.25) is 0 Å². The summed E-state index contributed by atoms with van der Waals surface area (Å²) < 4.78 is 41.5. The number of aromatic amines is 1. The number of hydrogen-bond acceptors (Lipinski definition) is 4. The number of hydrogen-bond donors (Lipinski definition) is 2. The van der Waals surface area contributed by atoms with Crippen molar-refractivity contribution >= 4 is 17.2 Å². The molecule has 9 heteroatoms. The molecule has 0 radical (unpaired) electrons. The summed E-state index contributed by atoms with van der Waals surface area (Å²) in [5, 5.41) is 3.65. The van der Waals surface area contributed by atoms with Crippen LogP contribution in [0.5, 0.6) is 0 Å². The van der Waals surface area contributed by atoms with Crippen molar-refractivity contribution in [3.63, 3.8) is 0 Å². The third kappa shape index (κ3) is 3.25. The molecule has 2 heterocycles. The number of carbonyl (C=O) groups is 1. The topological polar surface area (TPSA) is 75.1 Å². The standard InChI is InChI=1S/C10H7F3N2O3S/c11-10(12,13)5-1-6(18-3-5)2-14-8(16)7-4-19-9(17)15-7/h1,3-4H,2H2,(H,14,16)(H,15,17). The number of carbonyl (C=O) groups excluding carboxylic acids is 1. The maximum absolute atomic E-state index is 12.3. The Kier molecular flexibility index (Phi) is 3.47. The lowest BCUT2D eigenvalue weighted by Gasteiger charge is -2.01. The molecule has 0 saturated carbocycles. The number of rotatable bonds is 3. The second-order valence-electron chi connectivity index (χ2n) is 3.54. The minimum atomic E-state index is -4.48. The highest BCUT2D eigenvalue weighted by atomic mass is 32.1. The summed E-state index contributed by atoms with van der Waals surface area (Å²) in [4.78, 5) is 24.2. The zero-order valence-electron chi connectivity index (χ0n) is 9.21. The van der Waals surface area contributed by atoms with E-state index in [0.717, 1.165) is 17.4 Å². The third-order valence-electron chi connectivity index (χ3n) is 2.17. The fourth-order valence-corrected chi connectivity index (χ4v) is 1.84. The van der Waals surface area contributed by atoms with Gasteiger partial charge >= 0.3 is 11.0 Å². The molecule has 0 saturated heterocycles. The van der Waals surface area contributed by atoms with Gasteiger partial charge in [0.15, 0.2) is 0 Å². The highest BCUT2D eigenvalue weighted by molar-refractivity contribution is 7.07. The molecule has 0 aliphatic rings. The minimum Gasteiger partial charge on any atom is -0.467 e. The van der Waals surface area contributed by atoms with E-state index in [1.807, 2.05) is 0 Å². The van der Waals surface area contributed by atoms with Gasteiger partial charge in [-0.2, -0.15) is 13.2 Å². The van der Waals surface area contributed by atoms with Gasteiger partial charge in [-0.3, -0.25) is 9.59 Å². The molecular formula is C10H7F3N2O3S. The molecule has 2 N–H and O–H groups in total. The van der Waals surface area contributed by atoms with Crippen molar-refractivity contribution in [1.82, 2.24) is 10.3 Å². The van der Waals surface area contributed by atoms with Crippen LogP contribution in [0.3, 0.4) is 0 Å². The minimum absolute atomic E-state index is 0.0294. The fraction of sp³-hybridized carbons (Fsp3) is 0.200. The molecule has 0 atom stereocenters. The number of furan rings is 1. The molecule has 1 amide bonds. The van der Waals surface area contributed by atoms with Crippen molar-refractivity contribution in [3.05, 3.63) is 44.4 Å². The Bertz CT molecular complexity index is 641. The van der Waals surface area contributed by atoms with Crippen LogP contribution in [0.2, 0.25) is 0 Å². The number of halogens is 3. The molecule has 0 aliphatic heterocycles. The molecule has 5 nitrogen and oxygen atoms in total. The first-order chi connectivity index (χ1) is 8.86. The quantitative estimate of drug-likeness (QED) is 0.908.